The molecule has 12 heavy (non-hydrogen) atoms. The summed E-state index contributed by atoms with van der Waals surface area (Å²) in [6.07, 6.45) is 2.19. The van der Waals surface area contributed by atoms with Gasteiger partial charge in [0.05, 0.1) is 0 Å². The molecule has 1 unspecified atom stereocenters. The summed E-state index contributed by atoms with van der Waals surface area (Å²) in [5.74, 6) is 0. The quantitative estimate of drug-likeness (QED) is 0.346. The summed E-state index contributed by atoms with van der Waals surface area (Å²) < 4.78 is 10.9. The molecule has 0 rings (SSSR count). The molecule has 0 spiro atoms. The highest BCUT2D eigenvalue weighted by Gasteiger charge is 2.06. The van der Waals surface area contributed by atoms with Crippen LogP contribution in [0, 0.1) is 0 Å². The van der Waals surface area contributed by atoms with Crippen LogP contribution < -0.4 is 0 Å². The van der Waals surface area contributed by atoms with Crippen LogP contribution >= 0.6 is 0 Å². The molecule has 0 bridgehead atoms. The molecule has 1 atom stereocenters. The summed E-state index contributed by atoms with van der Waals surface area (Å²) in [5.41, 5.74) is 1.87. The second-order valence-electron chi connectivity index (χ2n) is 2.72. The van der Waals surface area contributed by atoms with E-state index in [-0.39, 0.29) is 6.29 Å². The number of ether oxygens (including phenoxy) is 1. The van der Waals surface area contributed by atoms with Crippen molar-refractivity contribution in [2.45, 2.75) is 39.5 Å². The Morgan fingerprint density at radius 3 is 2.75 bits per heavy atom. The predicted molar refractivity (Wildman–Crippen MR) is 53.2 cm³/mol. The first kappa shape index (κ1) is 11.9. The fourth-order valence-corrected chi connectivity index (χ4v) is 1.43. The topological polar surface area (TPSA) is 18.5 Å². The van der Waals surface area contributed by atoms with Crippen molar-refractivity contribution < 1.29 is 9.16 Å². The highest BCUT2D eigenvalue weighted by Crippen LogP contribution is 1.99. The van der Waals surface area contributed by atoms with E-state index >= 15 is 0 Å². The zero-order valence-corrected chi connectivity index (χ0v) is 9.30. The summed E-state index contributed by atoms with van der Waals surface area (Å²) in [4.78, 5) is 0. The molecule has 0 aromatic rings. The van der Waals surface area contributed by atoms with E-state index < -0.39 is 9.04 Å². The average Bonchev–Trinajstić information content (AvgIpc) is 2.05. The van der Waals surface area contributed by atoms with Crippen molar-refractivity contribution in [1.82, 2.24) is 0 Å². The zero-order valence-electron chi connectivity index (χ0n) is 8.30. The molecule has 0 fully saturated rings. The Bertz CT molecular complexity index is 117. The maximum absolute atomic E-state index is 5.51. The smallest absolute Gasteiger partial charge is 0.238 e. The average molecular weight is 187 g/mol. The summed E-state index contributed by atoms with van der Waals surface area (Å²) in [5, 5.41) is 0. The molecule has 0 heterocycles. The first-order chi connectivity index (χ1) is 5.70. The Labute approximate surface area is 77.3 Å². The number of rotatable bonds is 7. The van der Waals surface area contributed by atoms with Crippen LogP contribution in [0.4, 0.5) is 0 Å². The SMILES string of the molecule is C=C[Si](C)OC(C)OCCCC. The molecule has 0 aromatic carbocycles. The molecule has 0 aliphatic heterocycles. The largest absolute Gasteiger partial charge is 0.388 e. The molecule has 0 amide bonds. The zero-order chi connectivity index (χ0) is 9.40. The van der Waals surface area contributed by atoms with E-state index in [1.165, 1.54) is 0 Å². The Morgan fingerprint density at radius 1 is 1.58 bits per heavy atom. The maximum Gasteiger partial charge on any atom is 0.238 e. The van der Waals surface area contributed by atoms with E-state index in [4.69, 9.17) is 9.16 Å². The summed E-state index contributed by atoms with van der Waals surface area (Å²) in [6.45, 7) is 10.6. The molecule has 71 valence electrons. The molecular weight excluding hydrogens is 168 g/mol. The van der Waals surface area contributed by atoms with Crippen molar-refractivity contribution in [2.24, 2.45) is 0 Å². The van der Waals surface area contributed by atoms with Crippen LogP contribution in [-0.2, 0) is 9.16 Å². The van der Waals surface area contributed by atoms with Crippen molar-refractivity contribution in [1.29, 1.82) is 0 Å². The third-order valence-electron chi connectivity index (χ3n) is 1.49. The Hall–Kier alpha value is -0.123. The molecule has 0 saturated carbocycles. The molecule has 2 nitrogen and oxygen atoms in total. The van der Waals surface area contributed by atoms with E-state index in [1.54, 1.807) is 0 Å². The second-order valence-corrected chi connectivity index (χ2v) is 4.59. The van der Waals surface area contributed by atoms with Gasteiger partial charge in [0.2, 0.25) is 9.04 Å². The standard InChI is InChI=1S/C9H19O2Si/c1-5-7-8-10-9(3)11-12(4)6-2/h6,9H,2,5,7-8H2,1,3-4H3. The van der Waals surface area contributed by atoms with Crippen molar-refractivity contribution in [3.63, 3.8) is 0 Å². The summed E-state index contributed by atoms with van der Waals surface area (Å²) in [6, 6.07) is 0. The highest BCUT2D eigenvalue weighted by atomic mass is 28.3. The fourth-order valence-electron chi connectivity index (χ4n) is 0.738. The van der Waals surface area contributed by atoms with Crippen LogP contribution in [0.5, 0.6) is 0 Å². The van der Waals surface area contributed by atoms with Gasteiger partial charge >= 0.3 is 0 Å². The first-order valence-electron chi connectivity index (χ1n) is 4.45. The van der Waals surface area contributed by atoms with Gasteiger partial charge in [-0.15, -0.1) is 6.58 Å². The van der Waals surface area contributed by atoms with Crippen molar-refractivity contribution in [2.75, 3.05) is 6.61 Å². The van der Waals surface area contributed by atoms with E-state index in [0.717, 1.165) is 19.4 Å². The molecular formula is C9H19O2Si. The minimum absolute atomic E-state index is 0.0755. The highest BCUT2D eigenvalue weighted by molar-refractivity contribution is 6.55. The lowest BCUT2D eigenvalue weighted by molar-refractivity contribution is -0.0685. The van der Waals surface area contributed by atoms with Gasteiger partial charge in [-0.05, 0) is 19.9 Å². The Balaban J connectivity index is 3.32. The minimum Gasteiger partial charge on any atom is -0.388 e. The lowest BCUT2D eigenvalue weighted by atomic mass is 10.4. The van der Waals surface area contributed by atoms with E-state index in [1.807, 2.05) is 12.6 Å². The van der Waals surface area contributed by atoms with Gasteiger partial charge in [-0.3, -0.25) is 0 Å². The van der Waals surface area contributed by atoms with E-state index in [0.29, 0.717) is 0 Å². The molecule has 0 aromatic heterocycles. The van der Waals surface area contributed by atoms with Crippen LogP contribution in [0.25, 0.3) is 0 Å². The van der Waals surface area contributed by atoms with Crippen LogP contribution in [0.3, 0.4) is 0 Å². The lowest BCUT2D eigenvalue weighted by Gasteiger charge is -2.15. The number of hydrogen-bond acceptors (Lipinski definition) is 2. The van der Waals surface area contributed by atoms with Crippen LogP contribution in [-0.4, -0.2) is 21.9 Å². The number of hydrogen-bond donors (Lipinski definition) is 0. The molecule has 3 heteroatoms. The van der Waals surface area contributed by atoms with Gasteiger partial charge in [-0.1, -0.05) is 19.0 Å². The van der Waals surface area contributed by atoms with E-state index in [9.17, 15) is 0 Å². The first-order valence-corrected chi connectivity index (χ1v) is 6.43. The molecule has 0 aliphatic carbocycles. The Morgan fingerprint density at radius 2 is 2.25 bits per heavy atom. The maximum atomic E-state index is 5.51. The Kier molecular flexibility index (Phi) is 7.44. The third-order valence-corrected chi connectivity index (χ3v) is 2.77. The van der Waals surface area contributed by atoms with Gasteiger partial charge < -0.3 is 9.16 Å². The summed E-state index contributed by atoms with van der Waals surface area (Å²) >= 11 is 0. The molecule has 1 radical (unpaired) electrons. The van der Waals surface area contributed by atoms with Gasteiger partial charge in [0.25, 0.3) is 0 Å². The van der Waals surface area contributed by atoms with Crippen LogP contribution in [0.15, 0.2) is 12.3 Å². The van der Waals surface area contributed by atoms with Crippen LogP contribution in [0.1, 0.15) is 26.7 Å². The minimum atomic E-state index is -0.826. The molecule has 0 saturated heterocycles. The van der Waals surface area contributed by atoms with E-state index in [2.05, 4.69) is 20.0 Å². The third kappa shape index (κ3) is 6.58. The van der Waals surface area contributed by atoms with Crippen molar-refractivity contribution in [3.05, 3.63) is 12.3 Å². The second kappa shape index (κ2) is 7.52. The number of unbranched alkanes of at least 4 members (excludes halogenated alkanes) is 1. The van der Waals surface area contributed by atoms with Gasteiger partial charge in [-0.2, -0.15) is 0 Å². The van der Waals surface area contributed by atoms with Crippen molar-refractivity contribution >= 4 is 9.04 Å². The normalized spacial score (nSPS) is 13.3. The summed E-state index contributed by atoms with van der Waals surface area (Å²) in [7, 11) is -0.826. The van der Waals surface area contributed by atoms with Gasteiger partial charge in [-0.25, -0.2) is 0 Å². The van der Waals surface area contributed by atoms with Gasteiger partial charge in [0, 0.05) is 6.61 Å². The molecule has 0 aliphatic rings. The fraction of sp³-hybridized carbons (Fsp3) is 0.778. The van der Waals surface area contributed by atoms with Gasteiger partial charge in [0.15, 0.2) is 0 Å². The van der Waals surface area contributed by atoms with Gasteiger partial charge in [0.1, 0.15) is 6.29 Å². The monoisotopic (exact) mass is 187 g/mol. The van der Waals surface area contributed by atoms with Crippen molar-refractivity contribution in [3.8, 4) is 0 Å². The van der Waals surface area contributed by atoms with Crippen LogP contribution in [0.2, 0.25) is 6.55 Å². The molecule has 0 N–H and O–H groups in total. The predicted octanol–water partition coefficient (Wildman–Crippen LogP) is 2.51. The lowest BCUT2D eigenvalue weighted by Crippen LogP contribution is -2.21.